The zero-order chi connectivity index (χ0) is 15.6. The first kappa shape index (κ1) is 16.1. The van der Waals surface area contributed by atoms with Crippen LogP contribution in [0.2, 0.25) is 0 Å². The lowest BCUT2D eigenvalue weighted by atomic mass is 10.0. The van der Waals surface area contributed by atoms with Gasteiger partial charge in [-0.05, 0) is 12.3 Å². The second-order valence-corrected chi connectivity index (χ2v) is 5.91. The van der Waals surface area contributed by atoms with Gasteiger partial charge in [-0.15, -0.1) is 11.6 Å². The first-order valence-corrected chi connectivity index (χ1v) is 7.87. The molecule has 21 heavy (non-hydrogen) atoms. The highest BCUT2D eigenvalue weighted by molar-refractivity contribution is 6.17. The van der Waals surface area contributed by atoms with Crippen molar-refractivity contribution in [2.45, 2.75) is 39.7 Å². The molecule has 0 saturated carbocycles. The van der Waals surface area contributed by atoms with E-state index in [1.54, 1.807) is 6.07 Å². The lowest BCUT2D eigenvalue weighted by molar-refractivity contribution is 0.363. The average Bonchev–Trinajstić information content (AvgIpc) is 2.76. The number of halogens is 2. The Hall–Kier alpha value is -1.29. The number of aryl methyl sites for hydroxylation is 1. The Kier molecular flexibility index (Phi) is 5.09. The van der Waals surface area contributed by atoms with E-state index in [0.717, 1.165) is 17.8 Å². The molecule has 0 saturated heterocycles. The van der Waals surface area contributed by atoms with Crippen molar-refractivity contribution < 1.29 is 9.13 Å². The second-order valence-electron chi connectivity index (χ2n) is 5.53. The summed E-state index contributed by atoms with van der Waals surface area (Å²) in [6.45, 7) is 6.53. The second kappa shape index (κ2) is 6.65. The molecule has 1 atom stereocenters. The molecule has 0 radical (unpaired) electrons. The highest BCUT2D eigenvalue weighted by Crippen LogP contribution is 2.32. The number of methoxy groups -OCH3 is 1. The molecule has 0 aliphatic carbocycles. The summed E-state index contributed by atoms with van der Waals surface area (Å²) in [5, 5.41) is 0. The highest BCUT2D eigenvalue weighted by atomic mass is 35.5. The van der Waals surface area contributed by atoms with E-state index in [4.69, 9.17) is 16.3 Å². The van der Waals surface area contributed by atoms with Crippen LogP contribution >= 0.6 is 11.6 Å². The Bertz CT molecular complexity index is 624. The maximum absolute atomic E-state index is 13.9. The van der Waals surface area contributed by atoms with Gasteiger partial charge in [-0.2, -0.15) is 0 Å². The van der Waals surface area contributed by atoms with Crippen LogP contribution in [0.25, 0.3) is 11.0 Å². The standard InChI is InChI=1S/C16H22ClFN2O/c1-5-13(10(2)3)20-14-9-15(21-4)11(18)8-12(14)19-16(20)6-7-17/h8-10,13H,5-7H2,1-4H3. The van der Waals surface area contributed by atoms with Crippen LogP contribution in [-0.2, 0) is 6.42 Å². The van der Waals surface area contributed by atoms with Crippen molar-refractivity contribution in [1.29, 1.82) is 0 Å². The van der Waals surface area contributed by atoms with Crippen LogP contribution in [0.4, 0.5) is 4.39 Å². The molecule has 0 amide bonds. The Balaban J connectivity index is 2.70. The minimum atomic E-state index is -0.385. The number of nitrogens with zero attached hydrogens (tertiary/aromatic N) is 2. The maximum atomic E-state index is 13.9. The van der Waals surface area contributed by atoms with Crippen LogP contribution in [0.5, 0.6) is 5.75 Å². The molecule has 116 valence electrons. The number of alkyl halides is 1. The molecule has 2 rings (SSSR count). The van der Waals surface area contributed by atoms with Crippen molar-refractivity contribution in [3.63, 3.8) is 0 Å². The van der Waals surface area contributed by atoms with E-state index >= 15 is 0 Å². The summed E-state index contributed by atoms with van der Waals surface area (Å²) in [6.07, 6.45) is 1.65. The van der Waals surface area contributed by atoms with Crippen LogP contribution in [0.1, 0.15) is 39.1 Å². The van der Waals surface area contributed by atoms with Crippen LogP contribution in [-0.4, -0.2) is 22.5 Å². The third kappa shape index (κ3) is 3.00. The third-order valence-corrected chi connectivity index (χ3v) is 4.06. The van der Waals surface area contributed by atoms with Gasteiger partial charge >= 0.3 is 0 Å². The molecular formula is C16H22ClFN2O. The van der Waals surface area contributed by atoms with Crippen molar-refractivity contribution in [2.24, 2.45) is 5.92 Å². The van der Waals surface area contributed by atoms with Crippen molar-refractivity contribution in [3.05, 3.63) is 23.8 Å². The summed E-state index contributed by atoms with van der Waals surface area (Å²) in [6, 6.07) is 3.49. The van der Waals surface area contributed by atoms with E-state index in [1.165, 1.54) is 13.2 Å². The zero-order valence-corrected chi connectivity index (χ0v) is 13.7. The molecule has 1 aromatic carbocycles. The van der Waals surface area contributed by atoms with Gasteiger partial charge in [0.1, 0.15) is 5.82 Å². The first-order valence-electron chi connectivity index (χ1n) is 7.33. The SMILES string of the molecule is CCC(C(C)C)n1c(CCCl)nc2cc(F)c(OC)cc21. The van der Waals surface area contributed by atoms with Gasteiger partial charge < -0.3 is 9.30 Å². The van der Waals surface area contributed by atoms with E-state index in [2.05, 4.69) is 30.3 Å². The molecule has 0 aliphatic heterocycles. The van der Waals surface area contributed by atoms with Gasteiger partial charge in [0.25, 0.3) is 0 Å². The van der Waals surface area contributed by atoms with E-state index < -0.39 is 0 Å². The fourth-order valence-corrected chi connectivity index (χ4v) is 3.06. The molecule has 5 heteroatoms. The molecule has 0 N–H and O–H groups in total. The number of ether oxygens (including phenoxy) is 1. The van der Waals surface area contributed by atoms with Crippen molar-refractivity contribution in [2.75, 3.05) is 13.0 Å². The topological polar surface area (TPSA) is 27.1 Å². The lowest BCUT2D eigenvalue weighted by Gasteiger charge is -2.24. The summed E-state index contributed by atoms with van der Waals surface area (Å²) in [5.41, 5.74) is 1.57. The summed E-state index contributed by atoms with van der Waals surface area (Å²) < 4.78 is 21.2. The monoisotopic (exact) mass is 312 g/mol. The number of fused-ring (bicyclic) bond motifs is 1. The van der Waals surface area contributed by atoms with Gasteiger partial charge in [0.15, 0.2) is 11.6 Å². The largest absolute Gasteiger partial charge is 0.494 e. The quantitative estimate of drug-likeness (QED) is 0.730. The van der Waals surface area contributed by atoms with Gasteiger partial charge in [-0.25, -0.2) is 9.37 Å². The molecule has 3 nitrogen and oxygen atoms in total. The fraction of sp³-hybridized carbons (Fsp3) is 0.562. The summed E-state index contributed by atoms with van der Waals surface area (Å²) in [5.74, 6) is 1.73. The zero-order valence-electron chi connectivity index (χ0n) is 13.0. The van der Waals surface area contributed by atoms with E-state index in [1.807, 2.05) is 0 Å². The summed E-state index contributed by atoms with van der Waals surface area (Å²) in [4.78, 5) is 4.57. The fourth-order valence-electron chi connectivity index (χ4n) is 2.89. The van der Waals surface area contributed by atoms with Gasteiger partial charge in [0, 0.05) is 30.5 Å². The summed E-state index contributed by atoms with van der Waals surface area (Å²) in [7, 11) is 1.48. The Morgan fingerprint density at radius 2 is 2.10 bits per heavy atom. The number of aromatic nitrogens is 2. The van der Waals surface area contributed by atoms with Crippen molar-refractivity contribution in [1.82, 2.24) is 9.55 Å². The maximum Gasteiger partial charge on any atom is 0.167 e. The molecule has 0 bridgehead atoms. The summed E-state index contributed by atoms with van der Waals surface area (Å²) >= 11 is 5.90. The highest BCUT2D eigenvalue weighted by Gasteiger charge is 2.21. The first-order chi connectivity index (χ1) is 10.0. The predicted molar refractivity (Wildman–Crippen MR) is 84.8 cm³/mol. The number of imidazole rings is 1. The van der Waals surface area contributed by atoms with E-state index in [0.29, 0.717) is 29.8 Å². The smallest absolute Gasteiger partial charge is 0.167 e. The van der Waals surface area contributed by atoms with E-state index in [9.17, 15) is 4.39 Å². The number of rotatable bonds is 6. The molecule has 1 unspecified atom stereocenters. The molecule has 0 aliphatic rings. The van der Waals surface area contributed by atoms with Crippen LogP contribution in [0.15, 0.2) is 12.1 Å². The molecule has 0 fully saturated rings. The number of hydrogen-bond acceptors (Lipinski definition) is 2. The number of benzene rings is 1. The predicted octanol–water partition coefficient (Wildman–Crippen LogP) is 4.57. The van der Waals surface area contributed by atoms with E-state index in [-0.39, 0.29) is 11.6 Å². The minimum absolute atomic E-state index is 0.250. The van der Waals surface area contributed by atoms with Gasteiger partial charge in [-0.3, -0.25) is 0 Å². The molecule has 0 spiro atoms. The minimum Gasteiger partial charge on any atom is -0.494 e. The third-order valence-electron chi connectivity index (χ3n) is 3.87. The molecule has 1 aromatic heterocycles. The van der Waals surface area contributed by atoms with Crippen LogP contribution in [0, 0.1) is 11.7 Å². The van der Waals surface area contributed by atoms with Crippen molar-refractivity contribution >= 4 is 22.6 Å². The Morgan fingerprint density at radius 1 is 1.38 bits per heavy atom. The Morgan fingerprint density at radius 3 is 2.62 bits per heavy atom. The van der Waals surface area contributed by atoms with Gasteiger partial charge in [0.2, 0.25) is 0 Å². The average molecular weight is 313 g/mol. The normalized spacial score (nSPS) is 13.1. The van der Waals surface area contributed by atoms with Gasteiger partial charge in [0.05, 0.1) is 18.1 Å². The van der Waals surface area contributed by atoms with Crippen LogP contribution in [0.3, 0.4) is 0 Å². The lowest BCUT2D eigenvalue weighted by Crippen LogP contribution is -2.17. The van der Waals surface area contributed by atoms with Crippen LogP contribution < -0.4 is 4.74 Å². The molecule has 1 heterocycles. The number of hydrogen-bond donors (Lipinski definition) is 0. The molecule has 2 aromatic rings. The van der Waals surface area contributed by atoms with Crippen molar-refractivity contribution in [3.8, 4) is 5.75 Å². The van der Waals surface area contributed by atoms with Gasteiger partial charge in [-0.1, -0.05) is 20.8 Å². The Labute approximate surface area is 130 Å². The molecular weight excluding hydrogens is 291 g/mol.